The van der Waals surface area contributed by atoms with Gasteiger partial charge < -0.3 is 15.2 Å². The van der Waals surface area contributed by atoms with Gasteiger partial charge in [0, 0.05) is 11.1 Å². The Morgan fingerprint density at radius 3 is 2.12 bits per heavy atom. The molecule has 0 aliphatic heterocycles. The minimum atomic E-state index is -1.05. The van der Waals surface area contributed by atoms with Crippen LogP contribution in [0.1, 0.15) is 19.4 Å². The second kappa shape index (κ2) is 4.87. The lowest BCUT2D eigenvalue weighted by Crippen LogP contribution is -2.34. The summed E-state index contributed by atoms with van der Waals surface area (Å²) in [7, 11) is 2.64. The van der Waals surface area contributed by atoms with Crippen molar-refractivity contribution in [3.63, 3.8) is 0 Å². The van der Waals surface area contributed by atoms with Crippen molar-refractivity contribution in [3.8, 4) is 11.5 Å². The summed E-state index contributed by atoms with van der Waals surface area (Å²) in [6.45, 7) is 3.58. The van der Waals surface area contributed by atoms with Crippen LogP contribution in [0.15, 0.2) is 6.07 Å². The van der Waals surface area contributed by atoms with Crippen LogP contribution < -0.4 is 15.2 Å². The van der Waals surface area contributed by atoms with Crippen molar-refractivity contribution < 1.29 is 18.3 Å². The Kier molecular flexibility index (Phi) is 3.93. The summed E-state index contributed by atoms with van der Waals surface area (Å²) < 4.78 is 36.7. The van der Waals surface area contributed by atoms with Gasteiger partial charge in [-0.25, -0.2) is 4.39 Å². The van der Waals surface area contributed by atoms with Gasteiger partial charge in [0.15, 0.2) is 17.3 Å². The van der Waals surface area contributed by atoms with Crippen LogP contribution in [0.25, 0.3) is 0 Å². The van der Waals surface area contributed by atoms with E-state index in [1.807, 2.05) is 0 Å². The molecule has 0 aliphatic rings. The molecule has 0 aromatic heterocycles. The molecule has 0 aliphatic carbocycles. The minimum absolute atomic E-state index is 0.185. The third kappa shape index (κ3) is 3.06. The standard InChI is InChI=1S/C12H17F2NO2/c1-12(2,15)6-7-5-8(13)9(14)11(17-4)10(7)16-3/h5H,6,15H2,1-4H3. The third-order valence-electron chi connectivity index (χ3n) is 2.26. The summed E-state index contributed by atoms with van der Waals surface area (Å²) in [6, 6.07) is 1.09. The van der Waals surface area contributed by atoms with Crippen LogP contribution in [-0.4, -0.2) is 19.8 Å². The highest BCUT2D eigenvalue weighted by atomic mass is 19.2. The SMILES string of the molecule is COc1c(CC(C)(C)N)cc(F)c(F)c1OC. The number of hydrogen-bond acceptors (Lipinski definition) is 3. The first kappa shape index (κ1) is 13.7. The molecule has 0 saturated carbocycles. The Labute approximate surface area is 99.5 Å². The molecule has 3 nitrogen and oxygen atoms in total. The summed E-state index contributed by atoms with van der Waals surface area (Å²) in [5.41, 5.74) is 5.79. The number of benzene rings is 1. The minimum Gasteiger partial charge on any atom is -0.492 e. The van der Waals surface area contributed by atoms with Crippen LogP contribution in [0, 0.1) is 11.6 Å². The molecule has 5 heteroatoms. The van der Waals surface area contributed by atoms with E-state index >= 15 is 0 Å². The van der Waals surface area contributed by atoms with Crippen molar-refractivity contribution in [2.45, 2.75) is 25.8 Å². The molecule has 0 heterocycles. The van der Waals surface area contributed by atoms with E-state index in [0.717, 1.165) is 6.07 Å². The molecular weight excluding hydrogens is 228 g/mol. The van der Waals surface area contributed by atoms with Crippen molar-refractivity contribution in [2.75, 3.05) is 14.2 Å². The topological polar surface area (TPSA) is 44.5 Å². The molecule has 0 radical (unpaired) electrons. The maximum Gasteiger partial charge on any atom is 0.204 e. The second-order valence-electron chi connectivity index (χ2n) is 4.56. The van der Waals surface area contributed by atoms with E-state index in [9.17, 15) is 8.78 Å². The molecule has 17 heavy (non-hydrogen) atoms. The van der Waals surface area contributed by atoms with E-state index in [2.05, 4.69) is 0 Å². The maximum atomic E-state index is 13.5. The Hall–Kier alpha value is -1.36. The first-order chi connectivity index (χ1) is 7.80. The van der Waals surface area contributed by atoms with E-state index < -0.39 is 17.2 Å². The van der Waals surface area contributed by atoms with Gasteiger partial charge >= 0.3 is 0 Å². The predicted octanol–water partition coefficient (Wildman–Crippen LogP) is 2.26. The summed E-state index contributed by atoms with van der Waals surface area (Å²) in [6.07, 6.45) is 0.351. The number of ether oxygens (including phenoxy) is 2. The lowest BCUT2D eigenvalue weighted by molar-refractivity contribution is 0.323. The van der Waals surface area contributed by atoms with E-state index in [1.165, 1.54) is 14.2 Å². The molecule has 0 unspecified atom stereocenters. The molecule has 0 bridgehead atoms. The highest BCUT2D eigenvalue weighted by molar-refractivity contribution is 5.48. The van der Waals surface area contributed by atoms with E-state index in [0.29, 0.717) is 12.0 Å². The Morgan fingerprint density at radius 1 is 1.18 bits per heavy atom. The van der Waals surface area contributed by atoms with Crippen LogP contribution in [0.4, 0.5) is 8.78 Å². The lowest BCUT2D eigenvalue weighted by atomic mass is 9.95. The second-order valence-corrected chi connectivity index (χ2v) is 4.56. The van der Waals surface area contributed by atoms with Crippen molar-refractivity contribution in [1.29, 1.82) is 0 Å². The number of halogens is 2. The molecule has 0 amide bonds. The van der Waals surface area contributed by atoms with Crippen molar-refractivity contribution in [2.24, 2.45) is 5.73 Å². The van der Waals surface area contributed by atoms with Crippen molar-refractivity contribution in [1.82, 2.24) is 0 Å². The van der Waals surface area contributed by atoms with Gasteiger partial charge in [-0.3, -0.25) is 0 Å². The molecule has 2 N–H and O–H groups in total. The van der Waals surface area contributed by atoms with Crippen LogP contribution in [0.5, 0.6) is 11.5 Å². The largest absolute Gasteiger partial charge is 0.492 e. The van der Waals surface area contributed by atoms with E-state index in [-0.39, 0.29) is 11.5 Å². The molecule has 0 atom stereocenters. The van der Waals surface area contributed by atoms with Crippen molar-refractivity contribution in [3.05, 3.63) is 23.3 Å². The van der Waals surface area contributed by atoms with Gasteiger partial charge in [-0.2, -0.15) is 4.39 Å². The van der Waals surface area contributed by atoms with Gasteiger partial charge in [0.1, 0.15) is 0 Å². The van der Waals surface area contributed by atoms with Gasteiger partial charge in [-0.15, -0.1) is 0 Å². The third-order valence-corrected chi connectivity index (χ3v) is 2.26. The molecule has 0 spiro atoms. The Morgan fingerprint density at radius 2 is 1.71 bits per heavy atom. The number of hydrogen-bond donors (Lipinski definition) is 1. The average Bonchev–Trinajstić information content (AvgIpc) is 2.20. The molecule has 1 rings (SSSR count). The fourth-order valence-corrected chi connectivity index (χ4v) is 1.66. The Bertz CT molecular complexity index is 414. The van der Waals surface area contributed by atoms with Crippen LogP contribution in [0.3, 0.4) is 0 Å². The van der Waals surface area contributed by atoms with Crippen LogP contribution in [0.2, 0.25) is 0 Å². The Balaban J connectivity index is 3.34. The fraction of sp³-hybridized carbons (Fsp3) is 0.500. The van der Waals surface area contributed by atoms with Crippen LogP contribution >= 0.6 is 0 Å². The van der Waals surface area contributed by atoms with Crippen molar-refractivity contribution >= 4 is 0 Å². The predicted molar refractivity (Wildman–Crippen MR) is 61.4 cm³/mol. The summed E-state index contributed by atoms with van der Waals surface area (Å²) >= 11 is 0. The van der Waals surface area contributed by atoms with E-state index in [1.54, 1.807) is 13.8 Å². The molecule has 1 aromatic carbocycles. The molecule has 0 saturated heterocycles. The van der Waals surface area contributed by atoms with Gasteiger partial charge in [0.25, 0.3) is 0 Å². The lowest BCUT2D eigenvalue weighted by Gasteiger charge is -2.21. The number of rotatable bonds is 4. The normalized spacial score (nSPS) is 11.5. The number of nitrogens with two attached hydrogens (primary N) is 1. The molecule has 0 fully saturated rings. The average molecular weight is 245 g/mol. The molecule has 1 aromatic rings. The summed E-state index contributed by atoms with van der Waals surface area (Å²) in [4.78, 5) is 0. The van der Waals surface area contributed by atoms with E-state index in [4.69, 9.17) is 15.2 Å². The zero-order valence-electron chi connectivity index (χ0n) is 10.4. The summed E-state index contributed by atoms with van der Waals surface area (Å²) in [5, 5.41) is 0. The first-order valence-electron chi connectivity index (χ1n) is 5.18. The van der Waals surface area contributed by atoms with Gasteiger partial charge in [0.05, 0.1) is 14.2 Å². The van der Waals surface area contributed by atoms with Gasteiger partial charge in [0.2, 0.25) is 5.82 Å². The summed E-state index contributed by atoms with van der Waals surface area (Å²) in [5.74, 6) is -2.07. The smallest absolute Gasteiger partial charge is 0.204 e. The van der Waals surface area contributed by atoms with Gasteiger partial charge in [-0.05, 0) is 26.3 Å². The monoisotopic (exact) mass is 245 g/mol. The van der Waals surface area contributed by atoms with Crippen LogP contribution in [-0.2, 0) is 6.42 Å². The fourth-order valence-electron chi connectivity index (χ4n) is 1.66. The maximum absolute atomic E-state index is 13.5. The quantitative estimate of drug-likeness (QED) is 0.885. The number of methoxy groups -OCH3 is 2. The zero-order valence-corrected chi connectivity index (χ0v) is 10.4. The first-order valence-corrected chi connectivity index (χ1v) is 5.18. The zero-order chi connectivity index (χ0) is 13.2. The molecule has 96 valence electrons. The highest BCUT2D eigenvalue weighted by Gasteiger charge is 2.23. The highest BCUT2D eigenvalue weighted by Crippen LogP contribution is 2.36. The van der Waals surface area contributed by atoms with Gasteiger partial charge in [-0.1, -0.05) is 0 Å². The molecular formula is C12H17F2NO2.